The first kappa shape index (κ1) is 19.2. The Kier molecular flexibility index (Phi) is 5.69. The van der Waals surface area contributed by atoms with Gasteiger partial charge in [0.25, 0.3) is 5.91 Å². The van der Waals surface area contributed by atoms with Crippen molar-refractivity contribution < 1.29 is 24.3 Å². The van der Waals surface area contributed by atoms with E-state index in [2.05, 4.69) is 10.6 Å². The topological polar surface area (TPSA) is 116 Å². The van der Waals surface area contributed by atoms with Gasteiger partial charge in [-0.25, -0.2) is 9.59 Å². The number of hydrogen-bond donors (Lipinski definition) is 3. The fourth-order valence-corrected chi connectivity index (χ4v) is 3.72. The molecule has 2 rings (SSSR count). The van der Waals surface area contributed by atoms with E-state index in [1.165, 1.54) is 0 Å². The number of imide groups is 1. The minimum absolute atomic E-state index is 0.0125. The van der Waals surface area contributed by atoms with Crippen molar-refractivity contribution in [1.29, 1.82) is 0 Å². The highest BCUT2D eigenvalue weighted by atomic mass is 16.4. The molecule has 3 N–H and O–H groups in total. The van der Waals surface area contributed by atoms with Crippen molar-refractivity contribution in [2.45, 2.75) is 64.5 Å². The maximum Gasteiger partial charge on any atom is 0.326 e. The van der Waals surface area contributed by atoms with Gasteiger partial charge < -0.3 is 15.7 Å². The predicted molar refractivity (Wildman–Crippen MR) is 89.6 cm³/mol. The summed E-state index contributed by atoms with van der Waals surface area (Å²) in [6.07, 6.45) is 3.57. The van der Waals surface area contributed by atoms with Gasteiger partial charge in [-0.3, -0.25) is 14.5 Å². The van der Waals surface area contributed by atoms with E-state index in [1.54, 1.807) is 0 Å². The third-order valence-electron chi connectivity index (χ3n) is 5.14. The molecule has 1 aliphatic heterocycles. The summed E-state index contributed by atoms with van der Waals surface area (Å²) in [5.41, 5.74) is -0.917. The van der Waals surface area contributed by atoms with Crippen LogP contribution in [0.2, 0.25) is 0 Å². The summed E-state index contributed by atoms with van der Waals surface area (Å²) in [6.45, 7) is 5.19. The quantitative estimate of drug-likeness (QED) is 0.619. The van der Waals surface area contributed by atoms with Crippen LogP contribution in [-0.2, 0) is 14.4 Å². The highest BCUT2D eigenvalue weighted by molar-refractivity contribution is 6.09. The van der Waals surface area contributed by atoms with E-state index < -0.39 is 36.0 Å². The van der Waals surface area contributed by atoms with Crippen LogP contribution in [0.1, 0.15) is 52.9 Å². The summed E-state index contributed by atoms with van der Waals surface area (Å²) in [4.78, 5) is 49.4. The fourth-order valence-electron chi connectivity index (χ4n) is 3.72. The molecule has 1 spiro atoms. The molecular weight excluding hydrogens is 326 g/mol. The van der Waals surface area contributed by atoms with E-state index in [0.717, 1.165) is 24.2 Å². The Morgan fingerprint density at radius 1 is 1.36 bits per heavy atom. The molecule has 8 nitrogen and oxygen atoms in total. The molecule has 0 aromatic rings. The molecule has 25 heavy (non-hydrogen) atoms. The first-order chi connectivity index (χ1) is 11.7. The molecule has 1 saturated carbocycles. The van der Waals surface area contributed by atoms with Crippen LogP contribution in [-0.4, -0.2) is 51.9 Å². The van der Waals surface area contributed by atoms with Crippen molar-refractivity contribution >= 4 is 23.8 Å². The van der Waals surface area contributed by atoms with E-state index in [4.69, 9.17) is 0 Å². The number of carbonyl (C=O) groups is 4. The maximum absolute atomic E-state index is 12.8. The highest BCUT2D eigenvalue weighted by Gasteiger charge is 2.55. The minimum atomic E-state index is -1.13. The standard InChI is InChI=1S/C17H27N3O5/c1-10(2)8-12(14(22)23)18-13(21)9-20-15(24)17(19-16(20)25)7-5-4-6-11(17)3/h10-12H,4-9H2,1-3H3,(H,18,21)(H,19,25)(H,22,23)/t11?,12-,17?/m0/s1. The summed E-state index contributed by atoms with van der Waals surface area (Å²) in [7, 11) is 0. The lowest BCUT2D eigenvalue weighted by Gasteiger charge is -2.36. The molecule has 0 radical (unpaired) electrons. The Balaban J connectivity index is 2.04. The van der Waals surface area contributed by atoms with E-state index in [-0.39, 0.29) is 24.2 Å². The Labute approximate surface area is 147 Å². The number of nitrogens with one attached hydrogen (secondary N) is 2. The number of rotatable bonds is 6. The molecule has 2 fully saturated rings. The molecule has 4 amide bonds. The van der Waals surface area contributed by atoms with Crippen LogP contribution in [0.4, 0.5) is 4.79 Å². The zero-order valence-electron chi connectivity index (χ0n) is 15.0. The van der Waals surface area contributed by atoms with Crippen LogP contribution in [0.3, 0.4) is 0 Å². The molecule has 1 saturated heterocycles. The van der Waals surface area contributed by atoms with Crippen molar-refractivity contribution in [3.05, 3.63) is 0 Å². The van der Waals surface area contributed by atoms with Crippen LogP contribution >= 0.6 is 0 Å². The largest absolute Gasteiger partial charge is 0.480 e. The second-order valence-electron chi connectivity index (χ2n) is 7.53. The maximum atomic E-state index is 12.8. The van der Waals surface area contributed by atoms with Gasteiger partial charge in [-0.05, 0) is 31.1 Å². The first-order valence-electron chi connectivity index (χ1n) is 8.83. The number of urea groups is 1. The van der Waals surface area contributed by atoms with Crippen LogP contribution in [0.5, 0.6) is 0 Å². The number of hydrogen-bond acceptors (Lipinski definition) is 4. The molecule has 8 heteroatoms. The monoisotopic (exact) mass is 353 g/mol. The van der Waals surface area contributed by atoms with Gasteiger partial charge in [0, 0.05) is 0 Å². The van der Waals surface area contributed by atoms with Gasteiger partial charge in [-0.1, -0.05) is 33.6 Å². The molecular formula is C17H27N3O5. The van der Waals surface area contributed by atoms with Crippen LogP contribution in [0.25, 0.3) is 0 Å². The molecule has 0 aromatic heterocycles. The lowest BCUT2D eigenvalue weighted by Crippen LogP contribution is -2.54. The molecule has 1 heterocycles. The van der Waals surface area contributed by atoms with Crippen LogP contribution < -0.4 is 10.6 Å². The summed E-state index contributed by atoms with van der Waals surface area (Å²) in [5.74, 6) is -2.05. The normalized spacial score (nSPS) is 27.5. The van der Waals surface area contributed by atoms with Gasteiger partial charge >= 0.3 is 12.0 Å². The summed E-state index contributed by atoms with van der Waals surface area (Å²) in [5, 5.41) is 14.4. The van der Waals surface area contributed by atoms with Crippen LogP contribution in [0.15, 0.2) is 0 Å². The average molecular weight is 353 g/mol. The molecule has 140 valence electrons. The second-order valence-corrected chi connectivity index (χ2v) is 7.53. The van der Waals surface area contributed by atoms with Gasteiger partial charge in [-0.2, -0.15) is 0 Å². The Hall–Kier alpha value is -2.12. The summed E-state index contributed by atoms with van der Waals surface area (Å²) < 4.78 is 0. The van der Waals surface area contributed by atoms with Gasteiger partial charge in [0.1, 0.15) is 18.1 Å². The van der Waals surface area contributed by atoms with Crippen molar-refractivity contribution in [3.63, 3.8) is 0 Å². The van der Waals surface area contributed by atoms with Crippen molar-refractivity contribution in [2.75, 3.05) is 6.54 Å². The van der Waals surface area contributed by atoms with E-state index >= 15 is 0 Å². The first-order valence-corrected chi connectivity index (χ1v) is 8.83. The second kappa shape index (κ2) is 7.41. The van der Waals surface area contributed by atoms with Crippen molar-refractivity contribution in [3.8, 4) is 0 Å². The number of amides is 4. The lowest BCUT2D eigenvalue weighted by atomic mass is 9.73. The molecule has 2 unspecified atom stereocenters. The predicted octanol–water partition coefficient (Wildman–Crippen LogP) is 1.10. The molecule has 2 aliphatic rings. The third kappa shape index (κ3) is 3.93. The summed E-state index contributed by atoms with van der Waals surface area (Å²) in [6, 6.07) is -1.61. The summed E-state index contributed by atoms with van der Waals surface area (Å²) >= 11 is 0. The third-order valence-corrected chi connectivity index (χ3v) is 5.14. The van der Waals surface area contributed by atoms with Crippen molar-refractivity contribution in [1.82, 2.24) is 15.5 Å². The van der Waals surface area contributed by atoms with E-state index in [9.17, 15) is 24.3 Å². The number of carbonyl (C=O) groups excluding carboxylic acids is 3. The smallest absolute Gasteiger partial charge is 0.326 e. The minimum Gasteiger partial charge on any atom is -0.480 e. The van der Waals surface area contributed by atoms with Gasteiger partial charge in [0.2, 0.25) is 5.91 Å². The molecule has 1 aliphatic carbocycles. The van der Waals surface area contributed by atoms with Crippen LogP contribution in [0, 0.1) is 11.8 Å². The molecule has 0 bridgehead atoms. The molecule has 0 aromatic carbocycles. The fraction of sp³-hybridized carbons (Fsp3) is 0.765. The number of carboxylic acid groups (broad SMARTS) is 1. The van der Waals surface area contributed by atoms with Gasteiger partial charge in [0.15, 0.2) is 0 Å². The van der Waals surface area contributed by atoms with Gasteiger partial charge in [0.05, 0.1) is 0 Å². The number of carboxylic acids is 1. The van der Waals surface area contributed by atoms with Crippen molar-refractivity contribution in [2.24, 2.45) is 11.8 Å². The number of nitrogens with zero attached hydrogens (tertiary/aromatic N) is 1. The Morgan fingerprint density at radius 3 is 2.60 bits per heavy atom. The molecule has 3 atom stereocenters. The average Bonchev–Trinajstić information content (AvgIpc) is 2.74. The number of aliphatic carboxylic acids is 1. The Morgan fingerprint density at radius 2 is 2.04 bits per heavy atom. The lowest BCUT2D eigenvalue weighted by molar-refractivity contribution is -0.142. The SMILES string of the molecule is CC(C)C[C@H](NC(=O)CN1C(=O)NC2(CCCCC2C)C1=O)C(=O)O. The highest BCUT2D eigenvalue weighted by Crippen LogP contribution is 2.38. The van der Waals surface area contributed by atoms with E-state index in [0.29, 0.717) is 6.42 Å². The zero-order chi connectivity index (χ0) is 18.8. The Bertz CT molecular complexity index is 577. The van der Waals surface area contributed by atoms with E-state index in [1.807, 2.05) is 20.8 Å². The zero-order valence-corrected chi connectivity index (χ0v) is 15.0. The van der Waals surface area contributed by atoms with Gasteiger partial charge in [-0.15, -0.1) is 0 Å².